The number of hydrogen-bond acceptors (Lipinski definition) is 4. The molecule has 0 aromatic heterocycles. The van der Waals surface area contributed by atoms with Gasteiger partial charge in [-0.25, -0.2) is 4.79 Å². The molecule has 1 rings (SSSR count). The van der Waals surface area contributed by atoms with E-state index in [2.05, 4.69) is 20.7 Å². The molecular formula is C13H13BrF2O4. The number of carbonyl (C=O) groups is 2. The van der Waals surface area contributed by atoms with Crippen molar-refractivity contribution in [3.8, 4) is 5.75 Å². The van der Waals surface area contributed by atoms with Gasteiger partial charge in [-0.05, 0) is 37.6 Å². The van der Waals surface area contributed by atoms with Gasteiger partial charge in [-0.2, -0.15) is 8.78 Å². The maximum atomic E-state index is 12.2. The van der Waals surface area contributed by atoms with Crippen LogP contribution in [-0.2, 0) is 9.53 Å². The predicted molar refractivity (Wildman–Crippen MR) is 71.4 cm³/mol. The minimum absolute atomic E-state index is 0.130. The van der Waals surface area contributed by atoms with Crippen LogP contribution in [0.2, 0.25) is 0 Å². The molecule has 20 heavy (non-hydrogen) atoms. The van der Waals surface area contributed by atoms with E-state index in [0.717, 1.165) is 0 Å². The highest BCUT2D eigenvalue weighted by molar-refractivity contribution is 9.09. The second-order valence-corrected chi connectivity index (χ2v) is 4.74. The molecule has 0 N–H and O–H groups in total. The first-order chi connectivity index (χ1) is 9.36. The van der Waals surface area contributed by atoms with Crippen LogP contribution in [0.1, 0.15) is 34.6 Å². The van der Waals surface area contributed by atoms with Crippen molar-refractivity contribution in [2.45, 2.75) is 25.3 Å². The Kier molecular flexibility index (Phi) is 6.06. The Morgan fingerprint density at radius 3 is 2.50 bits per heavy atom. The summed E-state index contributed by atoms with van der Waals surface area (Å²) in [5, 5.41) is 0. The van der Waals surface area contributed by atoms with Crippen LogP contribution < -0.4 is 4.74 Å². The number of carbonyl (C=O) groups excluding carboxylic acids is 2. The van der Waals surface area contributed by atoms with Crippen molar-refractivity contribution < 1.29 is 27.8 Å². The van der Waals surface area contributed by atoms with Gasteiger partial charge in [-0.1, -0.05) is 15.9 Å². The van der Waals surface area contributed by atoms with Crippen LogP contribution in [-0.4, -0.2) is 25.0 Å². The number of esters is 1. The Balaban J connectivity index is 3.22. The van der Waals surface area contributed by atoms with Crippen molar-refractivity contribution in [1.82, 2.24) is 0 Å². The summed E-state index contributed by atoms with van der Waals surface area (Å²) in [6.45, 7) is 0.139. The Morgan fingerprint density at radius 1 is 1.35 bits per heavy atom. The Bertz CT molecular complexity index is 505. The van der Waals surface area contributed by atoms with Gasteiger partial charge in [0.1, 0.15) is 11.5 Å². The molecule has 0 heterocycles. The molecule has 0 spiro atoms. The fourth-order valence-electron chi connectivity index (χ4n) is 1.54. The normalized spacial score (nSPS) is 12.1. The number of alkyl halides is 3. The lowest BCUT2D eigenvalue weighted by Crippen LogP contribution is -2.13. The van der Waals surface area contributed by atoms with Gasteiger partial charge >= 0.3 is 12.6 Å². The summed E-state index contributed by atoms with van der Waals surface area (Å²) in [6.07, 6.45) is 0. The lowest BCUT2D eigenvalue weighted by atomic mass is 10.0. The summed E-state index contributed by atoms with van der Waals surface area (Å²) in [4.78, 5) is 22.4. The topological polar surface area (TPSA) is 52.6 Å². The highest BCUT2D eigenvalue weighted by Crippen LogP contribution is 2.31. The third kappa shape index (κ3) is 4.26. The van der Waals surface area contributed by atoms with Crippen molar-refractivity contribution >= 4 is 27.7 Å². The smallest absolute Gasteiger partial charge is 0.387 e. The maximum absolute atomic E-state index is 12.2. The minimum Gasteiger partial charge on any atom is -0.462 e. The van der Waals surface area contributed by atoms with Gasteiger partial charge in [-0.15, -0.1) is 0 Å². The molecule has 0 aliphatic carbocycles. The quantitative estimate of drug-likeness (QED) is 0.582. The van der Waals surface area contributed by atoms with E-state index >= 15 is 0 Å². The third-order valence-electron chi connectivity index (χ3n) is 2.37. The summed E-state index contributed by atoms with van der Waals surface area (Å²) in [6, 6.07) is 3.74. The zero-order valence-electron chi connectivity index (χ0n) is 10.9. The first-order valence-corrected chi connectivity index (χ1v) is 6.68. The van der Waals surface area contributed by atoms with E-state index in [9.17, 15) is 18.4 Å². The Morgan fingerprint density at radius 2 is 2.00 bits per heavy atom. The van der Waals surface area contributed by atoms with Crippen molar-refractivity contribution in [3.05, 3.63) is 29.3 Å². The average Bonchev–Trinajstić information content (AvgIpc) is 2.37. The molecule has 0 radical (unpaired) electrons. The zero-order valence-corrected chi connectivity index (χ0v) is 12.4. The molecule has 0 saturated carbocycles. The molecular weight excluding hydrogens is 338 g/mol. The average molecular weight is 351 g/mol. The second-order valence-electron chi connectivity index (χ2n) is 3.82. The van der Waals surface area contributed by atoms with Gasteiger partial charge in [0.2, 0.25) is 0 Å². The lowest BCUT2D eigenvalue weighted by Gasteiger charge is -2.14. The lowest BCUT2D eigenvalue weighted by molar-refractivity contribution is -0.116. The van der Waals surface area contributed by atoms with Crippen molar-refractivity contribution in [2.24, 2.45) is 0 Å². The molecule has 1 aromatic carbocycles. The van der Waals surface area contributed by atoms with E-state index in [1.165, 1.54) is 25.1 Å². The van der Waals surface area contributed by atoms with Gasteiger partial charge < -0.3 is 9.47 Å². The van der Waals surface area contributed by atoms with E-state index in [1.54, 1.807) is 6.92 Å². The molecule has 0 bridgehead atoms. The molecule has 1 unspecified atom stereocenters. The summed E-state index contributed by atoms with van der Waals surface area (Å²) in [5.41, 5.74) is 0.361. The van der Waals surface area contributed by atoms with Gasteiger partial charge in [-0.3, -0.25) is 4.79 Å². The van der Waals surface area contributed by atoms with Crippen molar-refractivity contribution in [1.29, 1.82) is 0 Å². The Labute approximate surface area is 123 Å². The molecule has 0 amide bonds. The van der Waals surface area contributed by atoms with Gasteiger partial charge in [0, 0.05) is 0 Å². The molecule has 0 fully saturated rings. The number of Topliss-reactive ketones (excluding diaryl/α,β-unsaturated/α-hetero) is 1. The van der Waals surface area contributed by atoms with Crippen LogP contribution in [0.4, 0.5) is 8.78 Å². The first kappa shape index (κ1) is 16.6. The van der Waals surface area contributed by atoms with E-state index in [1.807, 2.05) is 0 Å². The molecule has 1 atom stereocenters. The van der Waals surface area contributed by atoms with Gasteiger partial charge in [0.15, 0.2) is 0 Å². The maximum Gasteiger partial charge on any atom is 0.387 e. The molecule has 0 saturated heterocycles. The summed E-state index contributed by atoms with van der Waals surface area (Å²) >= 11 is 3.12. The van der Waals surface area contributed by atoms with Crippen LogP contribution >= 0.6 is 15.9 Å². The van der Waals surface area contributed by atoms with Crippen molar-refractivity contribution in [3.63, 3.8) is 0 Å². The van der Waals surface area contributed by atoms with Crippen molar-refractivity contribution in [2.75, 3.05) is 6.61 Å². The molecule has 110 valence electrons. The van der Waals surface area contributed by atoms with E-state index in [4.69, 9.17) is 4.74 Å². The number of ether oxygens (including phenoxy) is 2. The van der Waals surface area contributed by atoms with Crippen LogP contribution in [0.5, 0.6) is 5.75 Å². The highest BCUT2D eigenvalue weighted by Gasteiger charge is 2.22. The summed E-state index contributed by atoms with van der Waals surface area (Å²) in [7, 11) is 0. The Hall–Kier alpha value is -1.50. The van der Waals surface area contributed by atoms with Crippen LogP contribution in [0, 0.1) is 0 Å². The number of rotatable bonds is 6. The van der Waals surface area contributed by atoms with Gasteiger partial charge in [0.25, 0.3) is 0 Å². The standard InChI is InChI=1S/C13H13BrF2O4/c1-3-19-12(18)9-5-4-8(20-13(15)16)6-10(9)11(14)7(2)17/h4-6,11,13H,3H2,1-2H3. The van der Waals surface area contributed by atoms with Crippen LogP contribution in [0.3, 0.4) is 0 Å². The number of hydrogen-bond donors (Lipinski definition) is 0. The molecule has 0 aliphatic heterocycles. The minimum atomic E-state index is -2.98. The third-order valence-corrected chi connectivity index (χ3v) is 3.51. The number of benzene rings is 1. The molecule has 4 nitrogen and oxygen atoms in total. The molecule has 7 heteroatoms. The fourth-order valence-corrected chi connectivity index (χ4v) is 1.92. The largest absolute Gasteiger partial charge is 0.462 e. The van der Waals surface area contributed by atoms with Crippen LogP contribution in [0.25, 0.3) is 0 Å². The number of halogens is 3. The SMILES string of the molecule is CCOC(=O)c1ccc(OC(F)F)cc1C(Br)C(C)=O. The van der Waals surface area contributed by atoms with Gasteiger partial charge in [0.05, 0.1) is 17.0 Å². The second kappa shape index (κ2) is 7.33. The van der Waals surface area contributed by atoms with E-state index < -0.39 is 17.4 Å². The first-order valence-electron chi connectivity index (χ1n) is 5.77. The summed E-state index contributed by atoms with van der Waals surface area (Å²) < 4.78 is 33.5. The summed E-state index contributed by atoms with van der Waals surface area (Å²) in [5.74, 6) is -1.03. The predicted octanol–water partition coefficient (Wildman–Crippen LogP) is 3.49. The van der Waals surface area contributed by atoms with E-state index in [-0.39, 0.29) is 29.3 Å². The monoisotopic (exact) mass is 350 g/mol. The molecule has 0 aliphatic rings. The zero-order chi connectivity index (χ0) is 15.3. The van der Waals surface area contributed by atoms with Crippen LogP contribution in [0.15, 0.2) is 18.2 Å². The highest BCUT2D eigenvalue weighted by atomic mass is 79.9. The number of ketones is 1. The molecule has 1 aromatic rings. The fraction of sp³-hybridized carbons (Fsp3) is 0.385. The van der Waals surface area contributed by atoms with E-state index in [0.29, 0.717) is 0 Å².